The Balaban J connectivity index is 1.67. The Kier molecular flexibility index (Phi) is 6.16. The topological polar surface area (TPSA) is 169 Å². The van der Waals surface area contributed by atoms with Gasteiger partial charge in [0.15, 0.2) is 10.7 Å². The molecule has 0 amide bonds. The highest BCUT2D eigenvalue weighted by molar-refractivity contribution is 7.89. The number of hydrogen-bond acceptors (Lipinski definition) is 9. The van der Waals surface area contributed by atoms with Crippen molar-refractivity contribution in [3.8, 4) is 11.5 Å². The number of aromatic amines is 1. The first kappa shape index (κ1) is 21.2. The molecule has 2 heterocycles. The number of para-hydroxylation sites is 1. The highest BCUT2D eigenvalue weighted by Crippen LogP contribution is 2.28. The number of benzene rings is 2. The quantitative estimate of drug-likeness (QED) is 0.201. The van der Waals surface area contributed by atoms with Crippen LogP contribution in [0.3, 0.4) is 0 Å². The summed E-state index contributed by atoms with van der Waals surface area (Å²) >= 11 is -1.66. The molecular formula is C19H20BN7O3S. The third kappa shape index (κ3) is 4.53. The summed E-state index contributed by atoms with van der Waals surface area (Å²) in [6.07, 6.45) is 0.594. The molecule has 0 saturated carbocycles. The Hall–Kier alpha value is -3.03. The van der Waals surface area contributed by atoms with Crippen LogP contribution in [0.1, 0.15) is 18.3 Å². The van der Waals surface area contributed by atoms with Crippen LogP contribution in [0.5, 0.6) is 0 Å². The molecule has 2 aromatic heterocycles. The van der Waals surface area contributed by atoms with Gasteiger partial charge in [-0.25, -0.2) is 4.98 Å². The SMILES string of the molecule is CCc1nc(NCc2cccc(B(O)O)c2)nc(-c2n[nH]c3c([S+](N)[O-])cccc23)n1. The number of rotatable bonds is 7. The van der Waals surface area contributed by atoms with E-state index in [1.807, 2.05) is 19.1 Å². The fourth-order valence-electron chi connectivity index (χ4n) is 3.16. The number of anilines is 1. The Bertz CT molecular complexity index is 1220. The number of H-pyrrole nitrogens is 1. The Morgan fingerprint density at radius 2 is 1.97 bits per heavy atom. The summed E-state index contributed by atoms with van der Waals surface area (Å²) in [6, 6.07) is 12.2. The first-order valence-electron chi connectivity index (χ1n) is 9.53. The van der Waals surface area contributed by atoms with E-state index >= 15 is 0 Å². The second-order valence-corrected chi connectivity index (χ2v) is 7.81. The van der Waals surface area contributed by atoms with Crippen LogP contribution in [-0.2, 0) is 24.3 Å². The smallest absolute Gasteiger partial charge is 0.488 e. The van der Waals surface area contributed by atoms with Gasteiger partial charge >= 0.3 is 7.12 Å². The van der Waals surface area contributed by atoms with E-state index in [0.717, 1.165) is 5.56 Å². The summed E-state index contributed by atoms with van der Waals surface area (Å²) in [5.74, 6) is 1.33. The van der Waals surface area contributed by atoms with Gasteiger partial charge in [-0.2, -0.15) is 15.1 Å². The van der Waals surface area contributed by atoms with E-state index in [1.54, 1.807) is 30.3 Å². The third-order valence-electron chi connectivity index (χ3n) is 4.69. The lowest BCUT2D eigenvalue weighted by molar-refractivity contribution is 0.425. The lowest BCUT2D eigenvalue weighted by Gasteiger charge is -2.09. The minimum Gasteiger partial charge on any atom is -0.593 e. The minimum atomic E-state index is -1.66. The van der Waals surface area contributed by atoms with Crippen LogP contribution in [-0.4, -0.2) is 46.9 Å². The van der Waals surface area contributed by atoms with Crippen molar-refractivity contribution in [3.05, 3.63) is 53.9 Å². The highest BCUT2D eigenvalue weighted by Gasteiger charge is 2.19. The van der Waals surface area contributed by atoms with E-state index in [4.69, 9.17) is 5.14 Å². The Morgan fingerprint density at radius 1 is 1.16 bits per heavy atom. The fourth-order valence-corrected chi connectivity index (χ4v) is 3.73. The largest absolute Gasteiger partial charge is 0.593 e. The lowest BCUT2D eigenvalue weighted by Crippen LogP contribution is -2.30. The molecular weight excluding hydrogens is 417 g/mol. The Labute approximate surface area is 181 Å². The molecule has 0 aliphatic heterocycles. The second-order valence-electron chi connectivity index (χ2n) is 6.77. The zero-order chi connectivity index (χ0) is 22.0. The summed E-state index contributed by atoms with van der Waals surface area (Å²) in [5.41, 5.74) is 2.32. The number of fused-ring (bicyclic) bond motifs is 1. The third-order valence-corrected chi connectivity index (χ3v) is 5.46. The van der Waals surface area contributed by atoms with Crippen molar-refractivity contribution in [1.29, 1.82) is 0 Å². The van der Waals surface area contributed by atoms with Crippen molar-refractivity contribution in [1.82, 2.24) is 25.1 Å². The number of nitrogens with one attached hydrogen (secondary N) is 2. The van der Waals surface area contributed by atoms with Crippen LogP contribution in [0.25, 0.3) is 22.4 Å². The predicted molar refractivity (Wildman–Crippen MR) is 118 cm³/mol. The van der Waals surface area contributed by atoms with Gasteiger partial charge < -0.3 is 19.9 Å². The molecule has 0 radical (unpaired) electrons. The Morgan fingerprint density at radius 3 is 2.71 bits per heavy atom. The molecule has 4 rings (SSSR count). The molecule has 4 aromatic rings. The van der Waals surface area contributed by atoms with Crippen LogP contribution in [0.15, 0.2) is 47.4 Å². The van der Waals surface area contributed by atoms with Crippen molar-refractivity contribution < 1.29 is 14.6 Å². The maximum Gasteiger partial charge on any atom is 0.488 e. The van der Waals surface area contributed by atoms with E-state index in [-0.39, 0.29) is 0 Å². The summed E-state index contributed by atoms with van der Waals surface area (Å²) in [5, 5.41) is 35.3. The molecule has 31 heavy (non-hydrogen) atoms. The van der Waals surface area contributed by atoms with Crippen LogP contribution in [0.4, 0.5) is 5.95 Å². The number of nitrogens with zero attached hydrogens (tertiary/aromatic N) is 4. The first-order chi connectivity index (χ1) is 15.0. The van der Waals surface area contributed by atoms with Crippen LogP contribution in [0, 0.1) is 0 Å². The summed E-state index contributed by atoms with van der Waals surface area (Å²) in [7, 11) is -1.53. The predicted octanol–water partition coefficient (Wildman–Crippen LogP) is 0.250. The van der Waals surface area contributed by atoms with Crippen LogP contribution >= 0.6 is 0 Å². The summed E-state index contributed by atoms with van der Waals surface area (Å²) in [4.78, 5) is 13.9. The van der Waals surface area contributed by atoms with Crippen molar-refractivity contribution in [2.45, 2.75) is 24.8 Å². The summed E-state index contributed by atoms with van der Waals surface area (Å²) < 4.78 is 11.8. The van der Waals surface area contributed by atoms with Gasteiger partial charge in [-0.1, -0.05) is 43.3 Å². The molecule has 0 fully saturated rings. The van der Waals surface area contributed by atoms with Gasteiger partial charge in [0.25, 0.3) is 0 Å². The number of aryl methyl sites for hydroxylation is 1. The van der Waals surface area contributed by atoms with Crippen molar-refractivity contribution in [2.24, 2.45) is 5.14 Å². The molecule has 6 N–H and O–H groups in total. The maximum absolute atomic E-state index is 11.8. The van der Waals surface area contributed by atoms with Gasteiger partial charge in [-0.05, 0) is 17.1 Å². The molecule has 1 unspecified atom stereocenters. The molecule has 12 heteroatoms. The van der Waals surface area contributed by atoms with Gasteiger partial charge in [0.05, 0.1) is 11.4 Å². The van der Waals surface area contributed by atoms with Gasteiger partial charge in [-0.3, -0.25) is 5.10 Å². The van der Waals surface area contributed by atoms with Gasteiger partial charge in [0, 0.05) is 18.4 Å². The molecule has 0 spiro atoms. The van der Waals surface area contributed by atoms with E-state index in [0.29, 0.717) is 57.5 Å². The van der Waals surface area contributed by atoms with Gasteiger partial charge in [0.2, 0.25) is 5.95 Å². The molecule has 0 aliphatic rings. The van der Waals surface area contributed by atoms with Crippen LogP contribution in [0.2, 0.25) is 0 Å². The number of nitrogens with two attached hydrogens (primary N) is 1. The molecule has 0 aliphatic carbocycles. The average molecular weight is 437 g/mol. The molecule has 0 saturated heterocycles. The van der Waals surface area contributed by atoms with Crippen molar-refractivity contribution >= 4 is 40.8 Å². The second kappa shape index (κ2) is 9.00. The highest BCUT2D eigenvalue weighted by atomic mass is 32.2. The van der Waals surface area contributed by atoms with E-state index in [9.17, 15) is 14.6 Å². The molecule has 2 aromatic carbocycles. The molecule has 1 atom stereocenters. The van der Waals surface area contributed by atoms with Crippen molar-refractivity contribution in [2.75, 3.05) is 5.32 Å². The fraction of sp³-hybridized carbons (Fsp3) is 0.158. The number of hydrogen-bond donors (Lipinski definition) is 5. The van der Waals surface area contributed by atoms with Gasteiger partial charge in [-0.15, -0.1) is 5.14 Å². The van der Waals surface area contributed by atoms with Crippen LogP contribution < -0.4 is 15.9 Å². The van der Waals surface area contributed by atoms with E-state index < -0.39 is 18.5 Å². The average Bonchev–Trinajstić information content (AvgIpc) is 3.21. The molecule has 10 nitrogen and oxygen atoms in total. The molecule has 158 valence electrons. The summed E-state index contributed by atoms with van der Waals surface area (Å²) in [6.45, 7) is 2.32. The maximum atomic E-state index is 11.8. The zero-order valence-corrected chi connectivity index (χ0v) is 17.4. The molecule has 0 bridgehead atoms. The normalized spacial score (nSPS) is 12.2. The first-order valence-corrected chi connectivity index (χ1v) is 10.7. The lowest BCUT2D eigenvalue weighted by atomic mass is 9.80. The standard InChI is InChI=1S/C19H20BN7O3S/c1-2-15-23-18(17-13-7-4-8-14(31(21)30)16(13)26-27-17)25-19(24-15)22-10-11-5-3-6-12(9-11)20(28)29/h3-9,28-29H,2,10,21H2,1H3,(H,26,27)(H,22,23,24,25). The monoisotopic (exact) mass is 437 g/mol. The van der Waals surface area contributed by atoms with E-state index in [2.05, 4.69) is 30.5 Å². The minimum absolute atomic E-state index is 0.367. The van der Waals surface area contributed by atoms with Gasteiger partial charge in [0.1, 0.15) is 17.0 Å². The van der Waals surface area contributed by atoms with Crippen molar-refractivity contribution in [3.63, 3.8) is 0 Å². The number of aromatic nitrogens is 5. The zero-order valence-electron chi connectivity index (χ0n) is 16.6. The van der Waals surface area contributed by atoms with E-state index in [1.165, 1.54) is 0 Å².